The molecule has 184 valence electrons. The minimum absolute atomic E-state index is 0.0386. The molecule has 0 unspecified atom stereocenters. The van der Waals surface area contributed by atoms with Crippen molar-refractivity contribution in [2.75, 3.05) is 6.61 Å². The Morgan fingerprint density at radius 1 is 1.14 bits per heavy atom. The monoisotopic (exact) mass is 490 g/mol. The predicted octanol–water partition coefficient (Wildman–Crippen LogP) is 4.93. The summed E-state index contributed by atoms with van der Waals surface area (Å²) in [6, 6.07) is 12.3. The molecule has 1 fully saturated rings. The summed E-state index contributed by atoms with van der Waals surface area (Å²) >= 11 is 0. The molecule has 3 atom stereocenters. The van der Waals surface area contributed by atoms with Gasteiger partial charge in [-0.2, -0.15) is 0 Å². The molecule has 1 saturated heterocycles. The highest BCUT2D eigenvalue weighted by Gasteiger charge is 2.44. The van der Waals surface area contributed by atoms with E-state index in [2.05, 4.69) is 20.0 Å². The Balaban J connectivity index is 1.77. The van der Waals surface area contributed by atoms with Crippen molar-refractivity contribution in [1.82, 2.24) is 14.9 Å². The van der Waals surface area contributed by atoms with Crippen LogP contribution >= 0.6 is 0 Å². The van der Waals surface area contributed by atoms with Crippen LogP contribution in [0.4, 0.5) is 9.18 Å². The molecule has 2 heterocycles. The molecule has 4 rings (SSSR count). The summed E-state index contributed by atoms with van der Waals surface area (Å²) in [5, 5.41) is 3.78. The van der Waals surface area contributed by atoms with Gasteiger partial charge in [-0.1, -0.05) is 47.6 Å². The summed E-state index contributed by atoms with van der Waals surface area (Å²) in [6.07, 6.45) is 1.89. The van der Waals surface area contributed by atoms with Gasteiger partial charge in [-0.05, 0) is 48.2 Å². The Morgan fingerprint density at radius 3 is 2.42 bits per heavy atom. The van der Waals surface area contributed by atoms with Gasteiger partial charge in [-0.15, -0.1) is 0 Å². The predicted molar refractivity (Wildman–Crippen MR) is 126 cm³/mol. The quantitative estimate of drug-likeness (QED) is 0.250. The van der Waals surface area contributed by atoms with Gasteiger partial charge >= 0.3 is 12.1 Å². The first-order valence-electron chi connectivity index (χ1n) is 11.2. The molecule has 2 aromatic carbocycles. The Bertz CT molecular complexity index is 1260. The average Bonchev–Trinajstić information content (AvgIpc) is 3.27. The number of rotatable bonds is 8. The molecule has 1 aliphatic rings. The average molecular weight is 490 g/mol. The molecule has 0 spiro atoms. The van der Waals surface area contributed by atoms with Crippen LogP contribution in [0.25, 0.3) is 10.4 Å². The molecule has 3 aromatic rings. The Labute approximate surface area is 206 Å². The van der Waals surface area contributed by atoms with Crippen LogP contribution < -0.4 is 4.74 Å². The lowest BCUT2D eigenvalue weighted by Crippen LogP contribution is -2.43. The maximum Gasteiger partial charge on any atom is 0.417 e. The van der Waals surface area contributed by atoms with Gasteiger partial charge in [-0.3, -0.25) is 4.79 Å². The molecule has 0 bridgehead atoms. The Kier molecular flexibility index (Phi) is 7.41. The minimum Gasteiger partial charge on any atom is -0.461 e. The van der Waals surface area contributed by atoms with Crippen molar-refractivity contribution < 1.29 is 23.5 Å². The topological polar surface area (TPSA) is 130 Å². The van der Waals surface area contributed by atoms with Crippen LogP contribution in [0.5, 0.6) is 6.01 Å². The zero-order valence-corrected chi connectivity index (χ0v) is 19.6. The first kappa shape index (κ1) is 24.6. The van der Waals surface area contributed by atoms with Crippen LogP contribution in [0.2, 0.25) is 0 Å². The number of aromatic nitrogens is 2. The third-order valence-corrected chi connectivity index (χ3v) is 5.62. The number of hydrogen-bond acceptors (Lipinski definition) is 7. The number of cyclic esters (lactones) is 1. The van der Waals surface area contributed by atoms with Crippen LogP contribution in [0.1, 0.15) is 42.5 Å². The summed E-state index contributed by atoms with van der Waals surface area (Å²) in [7, 11) is 0. The Morgan fingerprint density at radius 2 is 1.81 bits per heavy atom. The number of benzene rings is 2. The first-order valence-corrected chi connectivity index (χ1v) is 11.2. The molecule has 0 aliphatic carbocycles. The van der Waals surface area contributed by atoms with E-state index in [1.807, 2.05) is 19.9 Å². The van der Waals surface area contributed by atoms with Crippen molar-refractivity contribution in [3.8, 4) is 6.01 Å². The number of ether oxygens (including phenoxy) is 2. The zero-order valence-electron chi connectivity index (χ0n) is 19.6. The van der Waals surface area contributed by atoms with E-state index < -0.39 is 35.8 Å². The van der Waals surface area contributed by atoms with E-state index >= 15 is 0 Å². The second-order valence-electron chi connectivity index (χ2n) is 8.36. The van der Waals surface area contributed by atoms with Crippen LogP contribution in [-0.2, 0) is 9.53 Å². The van der Waals surface area contributed by atoms with Gasteiger partial charge in [0.05, 0.1) is 6.10 Å². The van der Waals surface area contributed by atoms with Crippen LogP contribution in [0.15, 0.2) is 72.1 Å². The molecular formula is C25H23FN6O4. The summed E-state index contributed by atoms with van der Waals surface area (Å²) in [6.45, 7) is 3.61. The van der Waals surface area contributed by atoms with Crippen molar-refractivity contribution in [3.63, 3.8) is 0 Å². The molecule has 36 heavy (non-hydrogen) atoms. The van der Waals surface area contributed by atoms with E-state index in [1.165, 1.54) is 36.7 Å². The fourth-order valence-electron chi connectivity index (χ4n) is 4.03. The lowest BCUT2D eigenvalue weighted by atomic mass is 9.85. The second kappa shape index (κ2) is 10.8. The van der Waals surface area contributed by atoms with Gasteiger partial charge in [0.1, 0.15) is 24.5 Å². The normalized spacial score (nSPS) is 16.7. The highest BCUT2D eigenvalue weighted by Crippen LogP contribution is 2.35. The van der Waals surface area contributed by atoms with Gasteiger partial charge in [0.25, 0.3) is 0 Å². The van der Waals surface area contributed by atoms with Gasteiger partial charge < -0.3 is 9.47 Å². The van der Waals surface area contributed by atoms with Crippen molar-refractivity contribution in [1.29, 1.82) is 0 Å². The van der Waals surface area contributed by atoms with Crippen LogP contribution in [0.3, 0.4) is 0 Å². The van der Waals surface area contributed by atoms with Crippen LogP contribution in [-0.4, -0.2) is 45.6 Å². The van der Waals surface area contributed by atoms with E-state index in [0.717, 1.165) is 4.90 Å². The molecule has 11 heteroatoms. The van der Waals surface area contributed by atoms with E-state index in [1.54, 1.807) is 24.3 Å². The Hall–Kier alpha value is -4.50. The highest BCUT2D eigenvalue weighted by atomic mass is 19.1. The number of azide groups is 1. The molecule has 0 radical (unpaired) electrons. The molecule has 0 saturated carbocycles. The maximum atomic E-state index is 13.8. The van der Waals surface area contributed by atoms with Crippen molar-refractivity contribution in [2.24, 2.45) is 5.11 Å². The third kappa shape index (κ3) is 5.26. The van der Waals surface area contributed by atoms with Crippen molar-refractivity contribution in [2.45, 2.75) is 38.0 Å². The fourth-order valence-corrected chi connectivity index (χ4v) is 4.03. The fraction of sp³-hybridized carbons (Fsp3) is 0.280. The van der Waals surface area contributed by atoms with E-state index in [4.69, 9.17) is 9.47 Å². The molecule has 1 aliphatic heterocycles. The first-order chi connectivity index (χ1) is 17.4. The summed E-state index contributed by atoms with van der Waals surface area (Å²) in [4.78, 5) is 38.7. The number of halogens is 1. The smallest absolute Gasteiger partial charge is 0.417 e. The number of carbonyl (C=O) groups excluding carboxylic acids is 2. The number of carbonyl (C=O) groups is 2. The summed E-state index contributed by atoms with van der Waals surface area (Å²) in [5.41, 5.74) is 10.9. The lowest BCUT2D eigenvalue weighted by molar-refractivity contribution is -0.130. The number of amides is 2. The number of hydrogen-bond donors (Lipinski definition) is 0. The second-order valence-corrected chi connectivity index (χ2v) is 8.36. The third-order valence-electron chi connectivity index (χ3n) is 5.62. The van der Waals surface area contributed by atoms with Gasteiger partial charge in [-0.25, -0.2) is 24.1 Å². The van der Waals surface area contributed by atoms with Crippen molar-refractivity contribution in [3.05, 3.63) is 99.9 Å². The van der Waals surface area contributed by atoms with Crippen LogP contribution in [0, 0.1) is 5.82 Å². The molecule has 0 N–H and O–H groups in total. The highest BCUT2D eigenvalue weighted by molar-refractivity contribution is 5.97. The molecule has 1 aromatic heterocycles. The van der Waals surface area contributed by atoms with E-state index in [-0.39, 0.29) is 18.7 Å². The van der Waals surface area contributed by atoms with Gasteiger partial charge in [0, 0.05) is 23.2 Å². The van der Waals surface area contributed by atoms with Crippen molar-refractivity contribution >= 4 is 12.0 Å². The molecular weight excluding hydrogens is 467 g/mol. The largest absolute Gasteiger partial charge is 0.461 e. The number of nitrogens with zero attached hydrogens (tertiary/aromatic N) is 6. The zero-order chi connectivity index (χ0) is 25.7. The number of imide groups is 1. The SMILES string of the molecule is CC(C)Oc1ncc([C@H](c2ccc(F)cc2)[C@H](N=[N+]=[N-])C(=O)N2C(=O)OC[C@@H]2c2ccccc2)cn1. The summed E-state index contributed by atoms with van der Waals surface area (Å²) < 4.78 is 24.4. The molecule has 2 amide bonds. The standard InChI is InChI=1S/C25H23FN6O4/c1-15(2)36-24-28-12-18(13-29-24)21(17-8-10-19(26)11-9-17)22(30-31-27)23(33)32-20(14-35-25(32)34)16-6-4-3-5-7-16/h3-13,15,20-22H,14H2,1-2H3/t20-,21+,22+/m1/s1. The van der Waals surface area contributed by atoms with Gasteiger partial charge in [0.2, 0.25) is 5.91 Å². The van der Waals surface area contributed by atoms with Gasteiger partial charge in [0.15, 0.2) is 0 Å². The minimum atomic E-state index is -1.42. The molecule has 10 nitrogen and oxygen atoms in total. The summed E-state index contributed by atoms with van der Waals surface area (Å²) in [5.74, 6) is -2.17. The van der Waals surface area contributed by atoms with E-state index in [0.29, 0.717) is 16.7 Å². The van der Waals surface area contributed by atoms with E-state index in [9.17, 15) is 19.5 Å². The lowest BCUT2D eigenvalue weighted by Gasteiger charge is -2.28. The maximum absolute atomic E-state index is 13.8.